The van der Waals surface area contributed by atoms with E-state index in [0.717, 1.165) is 37.1 Å². The molecule has 1 aliphatic heterocycles. The summed E-state index contributed by atoms with van der Waals surface area (Å²) < 4.78 is 9.26. The van der Waals surface area contributed by atoms with Gasteiger partial charge in [0.15, 0.2) is 5.78 Å². The molecule has 142 valence electrons. The number of Topliss-reactive ketones (excluding diaryl/α,β-unsaturated/α-hetero) is 1. The largest absolute Gasteiger partial charge is 0.381 e. The fourth-order valence-corrected chi connectivity index (χ4v) is 5.31. The van der Waals surface area contributed by atoms with E-state index in [0.29, 0.717) is 11.5 Å². The molecule has 1 aliphatic rings. The van der Waals surface area contributed by atoms with E-state index in [2.05, 4.69) is 51.3 Å². The molecule has 0 saturated carbocycles. The third-order valence-electron chi connectivity index (χ3n) is 5.78. The Morgan fingerprint density at radius 2 is 1.96 bits per heavy atom. The van der Waals surface area contributed by atoms with Gasteiger partial charge in [-0.05, 0) is 48.8 Å². The molecule has 4 aromatic rings. The molecule has 1 saturated heterocycles. The first-order valence-electron chi connectivity index (χ1n) is 9.75. The average Bonchev–Trinajstić information content (AvgIpc) is 3.32. The highest BCUT2D eigenvalue weighted by molar-refractivity contribution is 7.18. The number of ketones is 1. The number of pyridine rings is 1. The van der Waals surface area contributed by atoms with E-state index in [9.17, 15) is 4.79 Å². The number of nitrogens with zero attached hydrogens (tertiary/aromatic N) is 2. The molecular weight excluding hydrogens is 368 g/mol. The molecule has 4 nitrogen and oxygen atoms in total. The minimum atomic E-state index is 0.0489. The van der Waals surface area contributed by atoms with Crippen molar-refractivity contribution in [3.05, 3.63) is 65.2 Å². The van der Waals surface area contributed by atoms with Crippen LogP contribution in [0.4, 0.5) is 0 Å². The summed E-state index contributed by atoms with van der Waals surface area (Å²) in [7, 11) is 0. The van der Waals surface area contributed by atoms with Crippen molar-refractivity contribution in [3.8, 4) is 0 Å². The van der Waals surface area contributed by atoms with Crippen LogP contribution in [0.5, 0.6) is 0 Å². The summed E-state index contributed by atoms with van der Waals surface area (Å²) in [6, 6.07) is 15.1. The van der Waals surface area contributed by atoms with Crippen molar-refractivity contribution in [2.45, 2.75) is 25.8 Å². The number of aromatic nitrogens is 2. The smallest absolute Gasteiger partial charge is 0.161 e. The van der Waals surface area contributed by atoms with Crippen molar-refractivity contribution in [2.24, 2.45) is 5.92 Å². The average molecular weight is 391 g/mol. The molecule has 3 aromatic heterocycles. The van der Waals surface area contributed by atoms with Gasteiger partial charge in [-0.15, -0.1) is 11.3 Å². The fourth-order valence-electron chi connectivity index (χ4n) is 4.42. The zero-order valence-corrected chi connectivity index (χ0v) is 16.6. The molecule has 1 unspecified atom stereocenters. The maximum Gasteiger partial charge on any atom is 0.161 e. The van der Waals surface area contributed by atoms with Gasteiger partial charge in [-0.3, -0.25) is 9.78 Å². The topological polar surface area (TPSA) is 44.1 Å². The molecule has 1 atom stereocenters. The Kier molecular flexibility index (Phi) is 4.49. The Bertz CT molecular complexity index is 1140. The van der Waals surface area contributed by atoms with Gasteiger partial charge >= 0.3 is 0 Å². The predicted molar refractivity (Wildman–Crippen MR) is 113 cm³/mol. The van der Waals surface area contributed by atoms with Crippen LogP contribution in [0.2, 0.25) is 0 Å². The molecule has 1 fully saturated rings. The summed E-state index contributed by atoms with van der Waals surface area (Å²) in [5, 5.41) is 2.13. The van der Waals surface area contributed by atoms with E-state index in [1.165, 1.54) is 15.8 Å². The van der Waals surface area contributed by atoms with Crippen molar-refractivity contribution in [1.82, 2.24) is 9.55 Å². The van der Waals surface area contributed by atoms with E-state index in [1.54, 1.807) is 24.5 Å². The molecule has 0 amide bonds. The molecular formula is C23H22N2O2S. The highest BCUT2D eigenvalue weighted by Crippen LogP contribution is 2.41. The highest BCUT2D eigenvalue weighted by Gasteiger charge is 2.30. The molecule has 5 heteroatoms. The summed E-state index contributed by atoms with van der Waals surface area (Å²) in [5.41, 5.74) is 5.21. The van der Waals surface area contributed by atoms with E-state index in [4.69, 9.17) is 4.74 Å². The van der Waals surface area contributed by atoms with Crippen LogP contribution in [0.3, 0.4) is 0 Å². The standard InChI is InChI=1S/C23H22N2O2S/c1-15(26)18-13-20-21(24-14-18)23-19(9-12-28-23)25(20)22(16-5-3-2-4-6-16)17-7-10-27-11-8-17/h2-6,9,12-14,17,22H,7-8,10-11H2,1H3. The predicted octanol–water partition coefficient (Wildman–Crippen LogP) is 5.47. The summed E-state index contributed by atoms with van der Waals surface area (Å²) >= 11 is 1.72. The summed E-state index contributed by atoms with van der Waals surface area (Å²) in [4.78, 5) is 16.7. The maximum atomic E-state index is 12.0. The second-order valence-electron chi connectivity index (χ2n) is 7.46. The van der Waals surface area contributed by atoms with Crippen molar-refractivity contribution < 1.29 is 9.53 Å². The molecule has 4 heterocycles. The first-order chi connectivity index (χ1) is 13.7. The lowest BCUT2D eigenvalue weighted by atomic mass is 9.86. The van der Waals surface area contributed by atoms with Crippen molar-refractivity contribution in [2.75, 3.05) is 13.2 Å². The number of ether oxygens (including phenoxy) is 1. The molecule has 0 bridgehead atoms. The van der Waals surface area contributed by atoms with Crippen molar-refractivity contribution in [1.29, 1.82) is 0 Å². The normalized spacial score (nSPS) is 16.6. The molecule has 5 rings (SSSR count). The van der Waals surface area contributed by atoms with Crippen molar-refractivity contribution in [3.63, 3.8) is 0 Å². The number of carbonyl (C=O) groups excluding carboxylic acids is 1. The Morgan fingerprint density at radius 1 is 1.18 bits per heavy atom. The van der Waals surface area contributed by atoms with Gasteiger partial charge in [0.25, 0.3) is 0 Å². The number of carbonyl (C=O) groups is 1. The fraction of sp³-hybridized carbons (Fsp3) is 0.304. The third-order valence-corrected chi connectivity index (χ3v) is 6.69. The van der Waals surface area contributed by atoms with Crippen LogP contribution >= 0.6 is 11.3 Å². The molecule has 28 heavy (non-hydrogen) atoms. The SMILES string of the molecule is CC(=O)c1cnc2c3sccc3n(C(c3ccccc3)C3CCOCC3)c2c1. The minimum absolute atomic E-state index is 0.0489. The van der Waals surface area contributed by atoms with Crippen molar-refractivity contribution >= 4 is 38.4 Å². The lowest BCUT2D eigenvalue weighted by Gasteiger charge is -2.33. The molecule has 0 radical (unpaired) electrons. The summed E-state index contributed by atoms with van der Waals surface area (Å²) in [5.74, 6) is 0.531. The van der Waals surface area contributed by atoms with Crippen LogP contribution in [0, 0.1) is 5.92 Å². The number of benzene rings is 1. The van der Waals surface area contributed by atoms with E-state index in [1.807, 2.05) is 6.07 Å². The van der Waals surface area contributed by atoms with E-state index in [-0.39, 0.29) is 11.8 Å². The molecule has 0 N–H and O–H groups in total. The van der Waals surface area contributed by atoms with Crippen LogP contribution in [-0.4, -0.2) is 28.5 Å². The minimum Gasteiger partial charge on any atom is -0.381 e. The van der Waals surface area contributed by atoms with Crippen LogP contribution in [0.15, 0.2) is 54.0 Å². The second-order valence-corrected chi connectivity index (χ2v) is 8.37. The Morgan fingerprint density at radius 3 is 2.71 bits per heavy atom. The molecule has 1 aromatic carbocycles. The van der Waals surface area contributed by atoms with E-state index >= 15 is 0 Å². The number of rotatable bonds is 4. The van der Waals surface area contributed by atoms with Crippen LogP contribution < -0.4 is 0 Å². The van der Waals surface area contributed by atoms with Gasteiger partial charge in [-0.1, -0.05) is 30.3 Å². The first kappa shape index (κ1) is 17.6. The van der Waals surface area contributed by atoms with Gasteiger partial charge in [0, 0.05) is 25.0 Å². The lowest BCUT2D eigenvalue weighted by Crippen LogP contribution is -2.26. The Labute approximate surface area is 167 Å². The quantitative estimate of drug-likeness (QED) is 0.434. The van der Waals surface area contributed by atoms with Crippen LogP contribution in [-0.2, 0) is 4.74 Å². The lowest BCUT2D eigenvalue weighted by molar-refractivity contribution is 0.0553. The summed E-state index contributed by atoms with van der Waals surface area (Å²) in [6.07, 6.45) is 3.77. The number of fused-ring (bicyclic) bond motifs is 3. The third kappa shape index (κ3) is 2.86. The Balaban J connectivity index is 1.80. The monoisotopic (exact) mass is 390 g/mol. The van der Waals surface area contributed by atoms with Gasteiger partial charge < -0.3 is 9.30 Å². The summed E-state index contributed by atoms with van der Waals surface area (Å²) in [6.45, 7) is 3.21. The van der Waals surface area contributed by atoms with Gasteiger partial charge in [0.2, 0.25) is 0 Å². The molecule has 0 aliphatic carbocycles. The van der Waals surface area contributed by atoms with Crippen LogP contribution in [0.25, 0.3) is 21.3 Å². The maximum absolute atomic E-state index is 12.0. The first-order valence-corrected chi connectivity index (χ1v) is 10.6. The van der Waals surface area contributed by atoms with Gasteiger partial charge in [0.1, 0.15) is 5.52 Å². The number of hydrogen-bond donors (Lipinski definition) is 0. The molecule has 0 spiro atoms. The number of thiophene rings is 1. The van der Waals surface area contributed by atoms with Gasteiger partial charge in [0.05, 0.1) is 21.8 Å². The van der Waals surface area contributed by atoms with E-state index < -0.39 is 0 Å². The highest BCUT2D eigenvalue weighted by atomic mass is 32.1. The van der Waals surface area contributed by atoms with Crippen LogP contribution in [0.1, 0.15) is 41.7 Å². The second kappa shape index (κ2) is 7.15. The zero-order chi connectivity index (χ0) is 19.1. The van der Waals surface area contributed by atoms with Gasteiger partial charge in [-0.25, -0.2) is 0 Å². The zero-order valence-electron chi connectivity index (χ0n) is 15.8. The Hall–Kier alpha value is -2.50. The van der Waals surface area contributed by atoms with Gasteiger partial charge in [-0.2, -0.15) is 0 Å². The number of hydrogen-bond acceptors (Lipinski definition) is 4.